The van der Waals surface area contributed by atoms with Gasteiger partial charge in [0, 0.05) is 62.6 Å². The van der Waals surface area contributed by atoms with Gasteiger partial charge in [0.05, 0.1) is 36.1 Å². The van der Waals surface area contributed by atoms with Crippen LogP contribution in [0.4, 0.5) is 0 Å². The number of rotatable bonds is 5. The highest BCUT2D eigenvalue weighted by molar-refractivity contribution is 5.68. The first-order valence-corrected chi connectivity index (χ1v) is 10.1. The molecule has 5 heterocycles. The van der Waals surface area contributed by atoms with Crippen molar-refractivity contribution in [3.05, 3.63) is 43.2 Å². The van der Waals surface area contributed by atoms with Crippen molar-refractivity contribution in [1.82, 2.24) is 38.8 Å². The highest BCUT2D eigenvalue weighted by Gasteiger charge is 2.50. The quantitative estimate of drug-likeness (QED) is 0.510. The summed E-state index contributed by atoms with van der Waals surface area (Å²) in [7, 11) is 1.89. The van der Waals surface area contributed by atoms with Crippen molar-refractivity contribution in [2.24, 2.45) is 7.05 Å². The van der Waals surface area contributed by atoms with Crippen LogP contribution in [0.25, 0.3) is 28.3 Å². The summed E-state index contributed by atoms with van der Waals surface area (Å²) in [6.45, 7) is 1.77. The van der Waals surface area contributed by atoms with Gasteiger partial charge in [0.1, 0.15) is 17.0 Å². The number of fused-ring (bicyclic) bond motifs is 1. The van der Waals surface area contributed by atoms with Crippen molar-refractivity contribution in [1.29, 1.82) is 5.26 Å². The molecule has 1 aliphatic heterocycles. The SMILES string of the molecule is Cn1cc(-c2cc3nccn3c(-c3cnn(C4(CC#N)CN(C5CC5)C4)c3)n2)cn1. The second-order valence-corrected chi connectivity index (χ2v) is 8.39. The standard InChI is InChI=1S/C21H21N9/c1-27-11-15(9-24-27)18-8-19-23-6-7-29(19)20(26-18)16-10-25-30(12-16)21(4-5-22)13-28(14-21)17-2-3-17/h6-12,17H,2-4,13-14H2,1H3. The van der Waals surface area contributed by atoms with Crippen molar-refractivity contribution < 1.29 is 0 Å². The summed E-state index contributed by atoms with van der Waals surface area (Å²) < 4.78 is 5.71. The van der Waals surface area contributed by atoms with Crippen LogP contribution < -0.4 is 0 Å². The van der Waals surface area contributed by atoms with E-state index in [1.165, 1.54) is 12.8 Å². The minimum atomic E-state index is -0.245. The summed E-state index contributed by atoms with van der Waals surface area (Å²) >= 11 is 0. The minimum absolute atomic E-state index is 0.245. The molecule has 0 unspecified atom stereocenters. The molecule has 0 aromatic carbocycles. The Kier molecular flexibility index (Phi) is 3.61. The maximum atomic E-state index is 9.43. The Bertz CT molecular complexity index is 1280. The van der Waals surface area contributed by atoms with E-state index in [-0.39, 0.29) is 5.54 Å². The fourth-order valence-electron chi connectivity index (χ4n) is 4.42. The van der Waals surface area contributed by atoms with Crippen LogP contribution >= 0.6 is 0 Å². The van der Waals surface area contributed by atoms with Crippen LogP contribution in [0.2, 0.25) is 0 Å². The lowest BCUT2D eigenvalue weighted by Gasteiger charge is -2.49. The van der Waals surface area contributed by atoms with Crippen LogP contribution in [-0.4, -0.2) is 58.0 Å². The fraction of sp³-hybridized carbons (Fsp3) is 0.381. The highest BCUT2D eigenvalue weighted by atomic mass is 15.4. The molecule has 30 heavy (non-hydrogen) atoms. The first-order chi connectivity index (χ1) is 14.6. The number of hydrogen-bond donors (Lipinski definition) is 0. The third-order valence-corrected chi connectivity index (χ3v) is 6.18. The molecule has 0 amide bonds. The monoisotopic (exact) mass is 399 g/mol. The number of imidazole rings is 1. The third kappa shape index (κ3) is 2.64. The molecule has 6 rings (SSSR count). The maximum absolute atomic E-state index is 9.43. The molecule has 0 atom stereocenters. The molecular weight excluding hydrogens is 378 g/mol. The van der Waals surface area contributed by atoms with E-state index in [0.717, 1.165) is 41.4 Å². The van der Waals surface area contributed by atoms with Crippen molar-refractivity contribution in [2.75, 3.05) is 13.1 Å². The van der Waals surface area contributed by atoms with Crippen LogP contribution in [0, 0.1) is 11.3 Å². The van der Waals surface area contributed by atoms with Crippen LogP contribution in [0.5, 0.6) is 0 Å². The van der Waals surface area contributed by atoms with Crippen LogP contribution in [0.3, 0.4) is 0 Å². The molecule has 0 spiro atoms. The molecule has 0 radical (unpaired) electrons. The van der Waals surface area contributed by atoms with Gasteiger partial charge in [-0.3, -0.25) is 18.7 Å². The Labute approximate surface area is 173 Å². The van der Waals surface area contributed by atoms with Gasteiger partial charge in [-0.1, -0.05) is 0 Å². The van der Waals surface area contributed by atoms with E-state index in [1.54, 1.807) is 17.1 Å². The zero-order chi connectivity index (χ0) is 20.3. The number of aromatic nitrogens is 7. The molecule has 0 N–H and O–H groups in total. The summed E-state index contributed by atoms with van der Waals surface area (Å²) in [5.41, 5.74) is 3.24. The van der Waals surface area contributed by atoms with Gasteiger partial charge >= 0.3 is 0 Å². The second kappa shape index (κ2) is 6.24. The zero-order valence-electron chi connectivity index (χ0n) is 16.7. The molecule has 0 bridgehead atoms. The normalized spacial score (nSPS) is 18.4. The summed E-state index contributed by atoms with van der Waals surface area (Å²) in [4.78, 5) is 11.8. The van der Waals surface area contributed by atoms with Gasteiger partial charge < -0.3 is 0 Å². The molecule has 4 aromatic heterocycles. The first kappa shape index (κ1) is 17.4. The number of likely N-dealkylation sites (tertiary alicyclic amines) is 1. The van der Waals surface area contributed by atoms with E-state index in [0.29, 0.717) is 12.5 Å². The van der Waals surface area contributed by atoms with E-state index in [1.807, 2.05) is 47.0 Å². The second-order valence-electron chi connectivity index (χ2n) is 8.39. The average molecular weight is 399 g/mol. The van der Waals surface area contributed by atoms with Crippen LogP contribution in [0.15, 0.2) is 43.2 Å². The van der Waals surface area contributed by atoms with Crippen molar-refractivity contribution >= 4 is 5.65 Å². The first-order valence-electron chi connectivity index (χ1n) is 10.1. The van der Waals surface area contributed by atoms with E-state index < -0.39 is 0 Å². The van der Waals surface area contributed by atoms with E-state index in [2.05, 4.69) is 26.2 Å². The Morgan fingerprint density at radius 1 is 1.17 bits per heavy atom. The van der Waals surface area contributed by atoms with Crippen molar-refractivity contribution in [2.45, 2.75) is 30.8 Å². The number of nitrogens with zero attached hydrogens (tertiary/aromatic N) is 9. The van der Waals surface area contributed by atoms with Gasteiger partial charge in [0.15, 0.2) is 0 Å². The number of aryl methyl sites for hydroxylation is 1. The van der Waals surface area contributed by atoms with Crippen LogP contribution in [-0.2, 0) is 12.6 Å². The fourth-order valence-corrected chi connectivity index (χ4v) is 4.42. The van der Waals surface area contributed by atoms with Gasteiger partial charge in [-0.05, 0) is 12.8 Å². The van der Waals surface area contributed by atoms with E-state index in [4.69, 9.17) is 4.98 Å². The van der Waals surface area contributed by atoms with Gasteiger partial charge in [-0.15, -0.1) is 0 Å². The van der Waals surface area contributed by atoms with Gasteiger partial charge in [0.2, 0.25) is 0 Å². The largest absolute Gasteiger partial charge is 0.295 e. The molecule has 1 saturated heterocycles. The molecular formula is C21H21N9. The summed E-state index contributed by atoms with van der Waals surface area (Å²) in [5, 5.41) is 18.4. The van der Waals surface area contributed by atoms with Gasteiger partial charge in [-0.2, -0.15) is 15.5 Å². The lowest BCUT2D eigenvalue weighted by molar-refractivity contribution is -0.00113. The smallest absolute Gasteiger partial charge is 0.149 e. The summed E-state index contributed by atoms with van der Waals surface area (Å²) in [6, 6.07) is 5.03. The lowest BCUT2D eigenvalue weighted by atomic mass is 9.86. The Hall–Kier alpha value is -3.51. The molecule has 2 fully saturated rings. The predicted octanol–water partition coefficient (Wildman–Crippen LogP) is 2.08. The van der Waals surface area contributed by atoms with E-state index >= 15 is 0 Å². The van der Waals surface area contributed by atoms with Crippen LogP contribution in [0.1, 0.15) is 19.3 Å². The van der Waals surface area contributed by atoms with E-state index in [9.17, 15) is 5.26 Å². The van der Waals surface area contributed by atoms with Crippen molar-refractivity contribution in [3.8, 4) is 28.7 Å². The maximum Gasteiger partial charge on any atom is 0.149 e. The Balaban J connectivity index is 1.40. The Morgan fingerprint density at radius 2 is 2.00 bits per heavy atom. The molecule has 4 aromatic rings. The van der Waals surface area contributed by atoms with Crippen molar-refractivity contribution in [3.63, 3.8) is 0 Å². The molecule has 1 aliphatic carbocycles. The molecule has 150 valence electrons. The number of nitriles is 1. The minimum Gasteiger partial charge on any atom is -0.295 e. The zero-order valence-corrected chi connectivity index (χ0v) is 16.7. The Morgan fingerprint density at radius 3 is 2.73 bits per heavy atom. The molecule has 1 saturated carbocycles. The topological polar surface area (TPSA) is 92.9 Å². The summed E-state index contributed by atoms with van der Waals surface area (Å²) in [6.07, 6.45) is 14.3. The summed E-state index contributed by atoms with van der Waals surface area (Å²) in [5.74, 6) is 0.778. The third-order valence-electron chi connectivity index (χ3n) is 6.18. The lowest BCUT2D eigenvalue weighted by Crippen LogP contribution is -2.63. The predicted molar refractivity (Wildman–Crippen MR) is 109 cm³/mol. The average Bonchev–Trinajstić information content (AvgIpc) is 3.10. The number of hydrogen-bond acceptors (Lipinski definition) is 6. The molecule has 9 nitrogen and oxygen atoms in total. The molecule has 2 aliphatic rings. The highest BCUT2D eigenvalue weighted by Crippen LogP contribution is 2.40. The van der Waals surface area contributed by atoms with Gasteiger partial charge in [-0.25, -0.2) is 9.97 Å². The van der Waals surface area contributed by atoms with Gasteiger partial charge in [0.25, 0.3) is 0 Å². The molecule has 9 heteroatoms.